The number of urea groups is 1. The van der Waals surface area contributed by atoms with E-state index in [0.29, 0.717) is 25.4 Å². The van der Waals surface area contributed by atoms with Crippen LogP contribution in [-0.4, -0.2) is 42.5 Å². The maximum atomic E-state index is 12.1. The minimum atomic E-state index is -0.506. The van der Waals surface area contributed by atoms with Gasteiger partial charge in [-0.25, -0.2) is 4.79 Å². The predicted molar refractivity (Wildman–Crippen MR) is 74.4 cm³/mol. The van der Waals surface area contributed by atoms with Crippen molar-refractivity contribution < 1.29 is 9.59 Å². The molecule has 1 aliphatic rings. The average molecular weight is 270 g/mol. The molecular formula is C13H26N4O2. The van der Waals surface area contributed by atoms with Gasteiger partial charge in [0.1, 0.15) is 0 Å². The summed E-state index contributed by atoms with van der Waals surface area (Å²) in [5, 5.41) is 2.61. The topological polar surface area (TPSA) is 101 Å². The van der Waals surface area contributed by atoms with E-state index in [9.17, 15) is 9.59 Å². The first-order valence-corrected chi connectivity index (χ1v) is 7.09. The molecule has 6 heteroatoms. The Bertz CT molecular complexity index is 309. The molecule has 0 aromatic rings. The Balaban J connectivity index is 2.36. The summed E-state index contributed by atoms with van der Waals surface area (Å²) in [6.45, 7) is 4.10. The number of nitrogens with one attached hydrogen (secondary N) is 1. The lowest BCUT2D eigenvalue weighted by molar-refractivity contribution is -0.133. The van der Waals surface area contributed by atoms with Crippen LogP contribution in [0.15, 0.2) is 0 Å². The number of likely N-dealkylation sites (tertiary alicyclic amines) is 1. The number of primary amides is 1. The molecule has 1 rings (SSSR count). The molecule has 1 aliphatic heterocycles. The van der Waals surface area contributed by atoms with Crippen LogP contribution < -0.4 is 16.8 Å². The number of nitrogens with zero attached hydrogens (tertiary/aromatic N) is 1. The quantitative estimate of drug-likeness (QED) is 0.651. The van der Waals surface area contributed by atoms with E-state index in [1.54, 1.807) is 0 Å². The predicted octanol–water partition coefficient (Wildman–Crippen LogP) is 0.411. The highest BCUT2D eigenvalue weighted by atomic mass is 16.2. The third kappa shape index (κ3) is 5.92. The van der Waals surface area contributed by atoms with Gasteiger partial charge in [-0.3, -0.25) is 4.79 Å². The molecule has 1 saturated heterocycles. The van der Waals surface area contributed by atoms with Gasteiger partial charge in [-0.2, -0.15) is 0 Å². The van der Waals surface area contributed by atoms with Crippen LogP contribution in [0, 0.1) is 5.92 Å². The first-order chi connectivity index (χ1) is 9.02. The van der Waals surface area contributed by atoms with Crippen LogP contribution in [-0.2, 0) is 4.79 Å². The number of hydrogen-bond donors (Lipinski definition) is 3. The maximum absolute atomic E-state index is 12.1. The summed E-state index contributed by atoms with van der Waals surface area (Å²) in [4.78, 5) is 24.7. The fourth-order valence-electron chi connectivity index (χ4n) is 2.53. The number of nitrogens with two attached hydrogens (primary N) is 2. The van der Waals surface area contributed by atoms with Gasteiger partial charge >= 0.3 is 6.03 Å². The Labute approximate surface area is 114 Å². The lowest BCUT2D eigenvalue weighted by Crippen LogP contribution is -2.45. The molecule has 0 aromatic heterocycles. The fourth-order valence-corrected chi connectivity index (χ4v) is 2.53. The molecule has 5 N–H and O–H groups in total. The average Bonchev–Trinajstić information content (AvgIpc) is 2.37. The maximum Gasteiger partial charge on any atom is 0.312 e. The largest absolute Gasteiger partial charge is 0.352 e. The molecule has 0 aliphatic carbocycles. The van der Waals surface area contributed by atoms with Crippen LogP contribution in [0.4, 0.5) is 4.79 Å². The lowest BCUT2D eigenvalue weighted by atomic mass is 9.97. The van der Waals surface area contributed by atoms with Gasteiger partial charge < -0.3 is 21.7 Å². The molecule has 110 valence electrons. The number of carbonyl (C=O) groups excluding carboxylic acids is 2. The second kappa shape index (κ2) is 7.99. The van der Waals surface area contributed by atoms with Crippen LogP contribution in [0.25, 0.3) is 0 Å². The van der Waals surface area contributed by atoms with Gasteiger partial charge in [0.25, 0.3) is 0 Å². The second-order valence-electron chi connectivity index (χ2n) is 5.35. The lowest BCUT2D eigenvalue weighted by Gasteiger charge is -2.33. The van der Waals surface area contributed by atoms with Crippen molar-refractivity contribution in [2.75, 3.05) is 19.6 Å². The third-order valence-corrected chi connectivity index (χ3v) is 3.53. The summed E-state index contributed by atoms with van der Waals surface area (Å²) >= 11 is 0. The van der Waals surface area contributed by atoms with Crippen molar-refractivity contribution in [1.82, 2.24) is 10.2 Å². The molecule has 0 radical (unpaired) electrons. The van der Waals surface area contributed by atoms with Gasteiger partial charge in [0.05, 0.1) is 0 Å². The highest BCUT2D eigenvalue weighted by Gasteiger charge is 2.24. The van der Waals surface area contributed by atoms with Gasteiger partial charge in [-0.05, 0) is 25.2 Å². The zero-order valence-electron chi connectivity index (χ0n) is 11.7. The minimum Gasteiger partial charge on any atom is -0.352 e. The Hall–Kier alpha value is -1.30. The van der Waals surface area contributed by atoms with Crippen molar-refractivity contribution in [2.45, 2.75) is 45.1 Å². The van der Waals surface area contributed by atoms with Gasteiger partial charge in [-0.15, -0.1) is 0 Å². The molecule has 2 unspecified atom stereocenters. The summed E-state index contributed by atoms with van der Waals surface area (Å²) in [7, 11) is 0. The normalized spacial score (nSPS) is 20.9. The molecule has 2 atom stereocenters. The number of rotatable bonds is 6. The van der Waals surface area contributed by atoms with Crippen molar-refractivity contribution in [3.05, 3.63) is 0 Å². The first-order valence-electron chi connectivity index (χ1n) is 7.09. The summed E-state index contributed by atoms with van der Waals surface area (Å²) in [5.74, 6) is 0.428. The molecule has 1 heterocycles. The molecule has 0 bridgehead atoms. The summed E-state index contributed by atoms with van der Waals surface area (Å²) in [6.07, 6.45) is 4.29. The molecule has 6 nitrogen and oxygen atoms in total. The van der Waals surface area contributed by atoms with Crippen molar-refractivity contribution in [1.29, 1.82) is 0 Å². The molecule has 0 spiro atoms. The number of carbonyl (C=O) groups is 2. The van der Waals surface area contributed by atoms with Crippen molar-refractivity contribution >= 4 is 11.9 Å². The smallest absolute Gasteiger partial charge is 0.312 e. The van der Waals surface area contributed by atoms with E-state index in [1.807, 2.05) is 4.90 Å². The van der Waals surface area contributed by atoms with Gasteiger partial charge in [0.2, 0.25) is 5.91 Å². The zero-order valence-corrected chi connectivity index (χ0v) is 11.7. The Morgan fingerprint density at radius 3 is 2.84 bits per heavy atom. The fraction of sp³-hybridized carbons (Fsp3) is 0.846. The molecular weight excluding hydrogens is 244 g/mol. The molecule has 1 fully saturated rings. The zero-order chi connectivity index (χ0) is 14.3. The van der Waals surface area contributed by atoms with Gasteiger partial charge in [0.15, 0.2) is 0 Å². The van der Waals surface area contributed by atoms with E-state index in [0.717, 1.165) is 32.2 Å². The van der Waals surface area contributed by atoms with Crippen LogP contribution in [0.1, 0.15) is 39.0 Å². The third-order valence-electron chi connectivity index (χ3n) is 3.53. The monoisotopic (exact) mass is 270 g/mol. The molecule has 0 aromatic carbocycles. The van der Waals surface area contributed by atoms with Crippen molar-refractivity contribution in [3.63, 3.8) is 0 Å². The minimum absolute atomic E-state index is 0.0402. The molecule has 0 saturated carbocycles. The van der Waals surface area contributed by atoms with E-state index in [1.165, 1.54) is 0 Å². The Morgan fingerprint density at radius 1 is 1.47 bits per heavy atom. The van der Waals surface area contributed by atoms with Crippen molar-refractivity contribution in [3.8, 4) is 0 Å². The van der Waals surface area contributed by atoms with E-state index in [4.69, 9.17) is 11.5 Å². The number of hydrogen-bond acceptors (Lipinski definition) is 3. The van der Waals surface area contributed by atoms with Crippen LogP contribution in [0.5, 0.6) is 0 Å². The molecule has 3 amide bonds. The Morgan fingerprint density at radius 2 is 2.21 bits per heavy atom. The Kier molecular flexibility index (Phi) is 6.62. The van der Waals surface area contributed by atoms with Crippen LogP contribution in [0.2, 0.25) is 0 Å². The van der Waals surface area contributed by atoms with Gasteiger partial charge in [0, 0.05) is 32.1 Å². The summed E-state index contributed by atoms with van der Waals surface area (Å²) in [6, 6.07) is -0.546. The van der Waals surface area contributed by atoms with E-state index in [-0.39, 0.29) is 11.9 Å². The first kappa shape index (κ1) is 15.8. The SMILES string of the molecule is CCCC(N)CC(=O)N1CCCC(CNC(N)=O)C1. The van der Waals surface area contributed by atoms with Crippen molar-refractivity contribution in [2.24, 2.45) is 17.4 Å². The summed E-state index contributed by atoms with van der Waals surface area (Å²) < 4.78 is 0. The highest BCUT2D eigenvalue weighted by Crippen LogP contribution is 2.17. The van der Waals surface area contributed by atoms with Crippen LogP contribution >= 0.6 is 0 Å². The van der Waals surface area contributed by atoms with E-state index in [2.05, 4.69) is 12.2 Å². The highest BCUT2D eigenvalue weighted by molar-refractivity contribution is 5.77. The molecule has 19 heavy (non-hydrogen) atoms. The van der Waals surface area contributed by atoms with E-state index >= 15 is 0 Å². The summed E-state index contributed by atoms with van der Waals surface area (Å²) in [5.41, 5.74) is 11.0. The van der Waals surface area contributed by atoms with Crippen LogP contribution in [0.3, 0.4) is 0 Å². The number of amides is 3. The van der Waals surface area contributed by atoms with Gasteiger partial charge in [-0.1, -0.05) is 13.3 Å². The standard InChI is InChI=1S/C13H26N4O2/c1-2-4-11(14)7-12(18)17-6-3-5-10(9-17)8-16-13(15)19/h10-11H,2-9,14H2,1H3,(H3,15,16,19). The second-order valence-corrected chi connectivity index (χ2v) is 5.35. The number of piperidine rings is 1. The van der Waals surface area contributed by atoms with E-state index < -0.39 is 6.03 Å².